The van der Waals surface area contributed by atoms with Gasteiger partial charge in [-0.05, 0) is 93.4 Å². The van der Waals surface area contributed by atoms with Gasteiger partial charge in [-0.3, -0.25) is 0 Å². The zero-order valence-electron chi connectivity index (χ0n) is 23.2. The molecule has 1 aliphatic heterocycles. The van der Waals surface area contributed by atoms with E-state index < -0.39 is 0 Å². The first-order valence-electron chi connectivity index (χ1n) is 14.4. The zero-order valence-corrected chi connectivity index (χ0v) is 23.2. The summed E-state index contributed by atoms with van der Waals surface area (Å²) in [6.45, 7) is 7.18. The summed E-state index contributed by atoms with van der Waals surface area (Å²) in [6, 6.07) is 38.3. The molecule has 0 radical (unpaired) electrons. The highest BCUT2D eigenvalue weighted by Gasteiger charge is 2.44. The highest BCUT2D eigenvalue weighted by atomic mass is 16.5. The van der Waals surface area contributed by atoms with Gasteiger partial charge in [0.2, 0.25) is 0 Å². The number of hydrogen-bond acceptors (Lipinski definition) is 1. The summed E-state index contributed by atoms with van der Waals surface area (Å²) in [4.78, 5) is 0. The number of fused-ring (bicyclic) bond motifs is 6. The van der Waals surface area contributed by atoms with Crippen LogP contribution < -0.4 is 4.74 Å². The van der Waals surface area contributed by atoms with E-state index in [4.69, 9.17) is 4.74 Å². The molecule has 5 aromatic carbocycles. The van der Waals surface area contributed by atoms with Crippen molar-refractivity contribution in [3.8, 4) is 28.0 Å². The van der Waals surface area contributed by atoms with Crippen LogP contribution >= 0.6 is 0 Å². The first-order valence-corrected chi connectivity index (χ1v) is 14.4. The van der Waals surface area contributed by atoms with Crippen molar-refractivity contribution in [2.24, 2.45) is 5.92 Å². The first-order chi connectivity index (χ1) is 19.5. The third kappa shape index (κ3) is 3.15. The summed E-state index contributed by atoms with van der Waals surface area (Å²) >= 11 is 0. The zero-order chi connectivity index (χ0) is 27.1. The van der Waals surface area contributed by atoms with Crippen molar-refractivity contribution < 1.29 is 4.74 Å². The minimum atomic E-state index is -0.253. The summed E-state index contributed by atoms with van der Waals surface area (Å²) < 4.78 is 6.54. The van der Waals surface area contributed by atoms with Gasteiger partial charge in [-0.25, -0.2) is 0 Å². The highest BCUT2D eigenvalue weighted by Crippen LogP contribution is 2.56. The van der Waals surface area contributed by atoms with Crippen LogP contribution in [0.1, 0.15) is 49.4 Å². The Bertz CT molecular complexity index is 1890. The molecule has 194 valence electrons. The summed E-state index contributed by atoms with van der Waals surface area (Å²) in [5, 5.41) is 2.58. The van der Waals surface area contributed by atoms with Crippen molar-refractivity contribution in [2.45, 2.75) is 38.0 Å². The fourth-order valence-corrected chi connectivity index (χ4v) is 7.65. The minimum absolute atomic E-state index is 0.0524. The molecular formula is C39H32O. The average molecular weight is 517 g/mol. The molecule has 2 aliphatic carbocycles. The maximum Gasteiger partial charge on any atom is 0.131 e. The summed E-state index contributed by atoms with van der Waals surface area (Å²) in [5.74, 6) is 2.42. The smallest absolute Gasteiger partial charge is 0.131 e. The van der Waals surface area contributed by atoms with Gasteiger partial charge >= 0.3 is 0 Å². The predicted octanol–water partition coefficient (Wildman–Crippen LogP) is 9.97. The van der Waals surface area contributed by atoms with Crippen LogP contribution in [0.4, 0.5) is 0 Å². The van der Waals surface area contributed by atoms with Gasteiger partial charge in [-0.2, -0.15) is 0 Å². The Kier molecular flexibility index (Phi) is 4.89. The van der Waals surface area contributed by atoms with Gasteiger partial charge in [0.1, 0.15) is 11.5 Å². The molecule has 0 aromatic heterocycles. The second kappa shape index (κ2) is 8.32. The van der Waals surface area contributed by atoms with E-state index in [2.05, 4.69) is 142 Å². The van der Waals surface area contributed by atoms with Crippen molar-refractivity contribution in [2.75, 3.05) is 0 Å². The molecule has 5 aromatic rings. The number of rotatable bonds is 2. The maximum atomic E-state index is 6.54. The Balaban J connectivity index is 1.37. The predicted molar refractivity (Wildman–Crippen MR) is 166 cm³/mol. The number of ether oxygens (including phenoxy) is 1. The van der Waals surface area contributed by atoms with E-state index in [1.165, 1.54) is 55.3 Å². The van der Waals surface area contributed by atoms with E-state index in [1.807, 2.05) is 0 Å². The van der Waals surface area contributed by atoms with E-state index in [1.54, 1.807) is 0 Å². The van der Waals surface area contributed by atoms with E-state index in [9.17, 15) is 0 Å². The van der Waals surface area contributed by atoms with Crippen LogP contribution in [0.2, 0.25) is 0 Å². The van der Waals surface area contributed by atoms with E-state index in [0.717, 1.165) is 17.9 Å². The van der Waals surface area contributed by atoms with Gasteiger partial charge in [-0.15, -0.1) is 0 Å². The number of benzene rings is 5. The topological polar surface area (TPSA) is 9.23 Å². The van der Waals surface area contributed by atoms with E-state index >= 15 is 0 Å². The summed E-state index contributed by atoms with van der Waals surface area (Å²) in [6.07, 6.45) is 7.55. The molecule has 0 fully saturated rings. The van der Waals surface area contributed by atoms with Crippen LogP contribution in [-0.2, 0) is 10.8 Å². The Labute approximate surface area is 236 Å². The lowest BCUT2D eigenvalue weighted by Crippen LogP contribution is -2.37. The summed E-state index contributed by atoms with van der Waals surface area (Å²) in [5.41, 5.74) is 10.3. The molecule has 0 saturated heterocycles. The van der Waals surface area contributed by atoms with Gasteiger partial charge in [-0.1, -0.05) is 105 Å². The van der Waals surface area contributed by atoms with Crippen molar-refractivity contribution >= 4 is 10.8 Å². The van der Waals surface area contributed by atoms with Gasteiger partial charge in [0, 0.05) is 22.3 Å². The second-order valence-electron chi connectivity index (χ2n) is 12.3. The quantitative estimate of drug-likeness (QED) is 0.227. The second-order valence-corrected chi connectivity index (χ2v) is 12.3. The fourth-order valence-electron chi connectivity index (χ4n) is 7.65. The van der Waals surface area contributed by atoms with Crippen molar-refractivity contribution in [1.29, 1.82) is 0 Å². The normalized spacial score (nSPS) is 21.6. The number of hydrogen-bond donors (Lipinski definition) is 0. The monoisotopic (exact) mass is 516 g/mol. The Morgan fingerprint density at radius 2 is 1.43 bits per heavy atom. The average Bonchev–Trinajstić information content (AvgIpc) is 3.24. The third-order valence-electron chi connectivity index (χ3n) is 9.82. The molecule has 1 nitrogen and oxygen atoms in total. The Morgan fingerprint density at radius 3 is 2.25 bits per heavy atom. The van der Waals surface area contributed by atoms with Crippen molar-refractivity contribution in [1.82, 2.24) is 0 Å². The SMILES string of the molecule is CC1(c2ccccc2)c2cc(-c3cccc4c3C(C)(C)C3CC=CC=C3O4)ccc2-c2cc3ccccc3cc21. The lowest BCUT2D eigenvalue weighted by molar-refractivity contribution is 0.223. The highest BCUT2D eigenvalue weighted by molar-refractivity contribution is 5.95. The van der Waals surface area contributed by atoms with Gasteiger partial charge in [0.15, 0.2) is 0 Å². The van der Waals surface area contributed by atoms with Crippen LogP contribution in [0.5, 0.6) is 5.75 Å². The summed E-state index contributed by atoms with van der Waals surface area (Å²) in [7, 11) is 0. The third-order valence-corrected chi connectivity index (χ3v) is 9.82. The first kappa shape index (κ1) is 23.5. The Morgan fingerprint density at radius 1 is 0.675 bits per heavy atom. The van der Waals surface area contributed by atoms with Gasteiger partial charge in [0.05, 0.1) is 0 Å². The van der Waals surface area contributed by atoms with Crippen LogP contribution in [0, 0.1) is 5.92 Å². The molecule has 2 atom stereocenters. The molecule has 2 unspecified atom stereocenters. The molecule has 0 amide bonds. The molecule has 3 aliphatic rings. The molecule has 0 N–H and O–H groups in total. The molecule has 0 spiro atoms. The van der Waals surface area contributed by atoms with Crippen LogP contribution in [0.15, 0.2) is 127 Å². The lowest BCUT2D eigenvalue weighted by atomic mass is 9.66. The van der Waals surface area contributed by atoms with E-state index in [0.29, 0.717) is 5.92 Å². The number of allylic oxidation sites excluding steroid dienone is 4. The van der Waals surface area contributed by atoms with Crippen molar-refractivity contribution in [3.63, 3.8) is 0 Å². The maximum absolute atomic E-state index is 6.54. The molecule has 40 heavy (non-hydrogen) atoms. The van der Waals surface area contributed by atoms with Crippen molar-refractivity contribution in [3.05, 3.63) is 149 Å². The molecule has 1 heterocycles. The molecule has 0 bridgehead atoms. The fraction of sp³-hybridized carbons (Fsp3) is 0.179. The van der Waals surface area contributed by atoms with Crippen LogP contribution in [0.25, 0.3) is 33.0 Å². The minimum Gasteiger partial charge on any atom is -0.461 e. The van der Waals surface area contributed by atoms with Gasteiger partial charge in [0.25, 0.3) is 0 Å². The molecule has 8 rings (SSSR count). The van der Waals surface area contributed by atoms with E-state index in [-0.39, 0.29) is 10.8 Å². The van der Waals surface area contributed by atoms with Crippen LogP contribution in [0.3, 0.4) is 0 Å². The Hall–Kier alpha value is -4.36. The molecular weight excluding hydrogens is 484 g/mol. The molecule has 1 heteroatoms. The largest absolute Gasteiger partial charge is 0.461 e. The van der Waals surface area contributed by atoms with Crippen LogP contribution in [-0.4, -0.2) is 0 Å². The molecule has 0 saturated carbocycles. The lowest BCUT2D eigenvalue weighted by Gasteiger charge is -2.43. The van der Waals surface area contributed by atoms with Gasteiger partial charge < -0.3 is 4.74 Å². The standard InChI is InChI=1S/C39H32O/c1-38(2)32-17-9-10-18-35(32)40-36-19-11-16-29(37(36)38)27-20-21-30-31-22-25-12-7-8-13-26(25)23-34(31)39(3,33(30)24-27)28-14-5-4-6-15-28/h4-16,18-24,32H,17H2,1-3H3.